The molecule has 0 saturated heterocycles. The maximum atomic E-state index is 13.3. The molecule has 0 saturated carbocycles. The van der Waals surface area contributed by atoms with E-state index in [0.717, 1.165) is 19.2 Å². The van der Waals surface area contributed by atoms with E-state index in [1.807, 2.05) is 0 Å². The summed E-state index contributed by atoms with van der Waals surface area (Å²) in [5.74, 6) is 0.346. The van der Waals surface area contributed by atoms with Gasteiger partial charge in [-0.05, 0) is 37.2 Å². The van der Waals surface area contributed by atoms with Crippen molar-refractivity contribution in [2.75, 3.05) is 6.54 Å². The molecule has 1 heterocycles. The zero-order valence-electron chi connectivity index (χ0n) is 11.5. The molecular weight excluding hydrogens is 314 g/mol. The Morgan fingerprint density at radius 1 is 1.29 bits per heavy atom. The normalized spacial score (nSPS) is 10.7. The Balaban J connectivity index is 2.22. The van der Waals surface area contributed by atoms with Crippen LogP contribution in [0, 0.1) is 5.82 Å². The second kappa shape index (κ2) is 7.59. The Bertz CT molecular complexity index is 623. The molecule has 1 aromatic carbocycles. The molecule has 2 aromatic rings. The van der Waals surface area contributed by atoms with E-state index in [4.69, 9.17) is 27.9 Å². The van der Waals surface area contributed by atoms with E-state index in [0.29, 0.717) is 33.8 Å². The molecule has 0 aliphatic rings. The number of nitrogens with zero attached hydrogens (tertiary/aromatic N) is 1. The molecule has 0 radical (unpaired) electrons. The number of halogens is 3. The highest BCUT2D eigenvalue weighted by Gasteiger charge is 2.11. The van der Waals surface area contributed by atoms with Gasteiger partial charge in [0.25, 0.3) is 0 Å². The molecule has 1 N–H and O–H groups in total. The zero-order valence-corrected chi connectivity index (χ0v) is 13.0. The van der Waals surface area contributed by atoms with Gasteiger partial charge < -0.3 is 10.1 Å². The number of benzene rings is 1. The van der Waals surface area contributed by atoms with Crippen LogP contribution in [-0.4, -0.2) is 11.5 Å². The summed E-state index contributed by atoms with van der Waals surface area (Å²) in [5.41, 5.74) is 0.634. The standard InChI is InChI=1S/C15H15Cl2FN2O/c1-2-5-19-8-10-6-12(18)9-20-15(10)21-14-4-3-11(16)7-13(14)17/h3-4,6-7,9,19H,2,5,8H2,1H3. The van der Waals surface area contributed by atoms with Crippen LogP contribution in [-0.2, 0) is 6.54 Å². The van der Waals surface area contributed by atoms with Gasteiger partial charge in [0.2, 0.25) is 5.88 Å². The van der Waals surface area contributed by atoms with E-state index >= 15 is 0 Å². The number of ether oxygens (including phenoxy) is 1. The molecular formula is C15H15Cl2FN2O. The van der Waals surface area contributed by atoms with Gasteiger partial charge in [-0.3, -0.25) is 0 Å². The zero-order chi connectivity index (χ0) is 15.2. The highest BCUT2D eigenvalue weighted by atomic mass is 35.5. The quantitative estimate of drug-likeness (QED) is 0.772. The van der Waals surface area contributed by atoms with Crippen molar-refractivity contribution in [3.05, 3.63) is 51.9 Å². The van der Waals surface area contributed by atoms with Gasteiger partial charge in [-0.15, -0.1) is 0 Å². The van der Waals surface area contributed by atoms with E-state index < -0.39 is 5.82 Å². The molecule has 1 aromatic heterocycles. The second-order valence-corrected chi connectivity index (χ2v) is 5.32. The van der Waals surface area contributed by atoms with Gasteiger partial charge in [-0.25, -0.2) is 9.37 Å². The molecule has 0 unspecified atom stereocenters. The second-order valence-electron chi connectivity index (χ2n) is 4.47. The first-order valence-corrected chi connectivity index (χ1v) is 7.33. The van der Waals surface area contributed by atoms with Crippen LogP contribution in [0.2, 0.25) is 10.0 Å². The third-order valence-corrected chi connectivity index (χ3v) is 3.27. The van der Waals surface area contributed by atoms with Crippen molar-refractivity contribution in [3.63, 3.8) is 0 Å². The van der Waals surface area contributed by atoms with Crippen LogP contribution < -0.4 is 10.1 Å². The van der Waals surface area contributed by atoms with E-state index in [1.165, 1.54) is 6.07 Å². The molecule has 0 fully saturated rings. The van der Waals surface area contributed by atoms with Gasteiger partial charge in [0, 0.05) is 17.1 Å². The minimum atomic E-state index is -0.405. The number of aromatic nitrogens is 1. The molecule has 2 rings (SSSR count). The first-order valence-electron chi connectivity index (χ1n) is 6.58. The van der Waals surface area contributed by atoms with Crippen LogP contribution in [0.25, 0.3) is 0 Å². The van der Waals surface area contributed by atoms with E-state index in [9.17, 15) is 4.39 Å². The average molecular weight is 329 g/mol. The van der Waals surface area contributed by atoms with Crippen molar-refractivity contribution >= 4 is 23.2 Å². The number of nitrogens with one attached hydrogen (secondary N) is 1. The third kappa shape index (κ3) is 4.56. The van der Waals surface area contributed by atoms with Gasteiger partial charge in [-0.1, -0.05) is 30.1 Å². The molecule has 0 atom stereocenters. The maximum absolute atomic E-state index is 13.3. The lowest BCUT2D eigenvalue weighted by molar-refractivity contribution is 0.448. The molecule has 6 heteroatoms. The summed E-state index contributed by atoms with van der Waals surface area (Å²) >= 11 is 11.9. The molecule has 3 nitrogen and oxygen atoms in total. The first-order chi connectivity index (χ1) is 10.1. The van der Waals surface area contributed by atoms with Crippen molar-refractivity contribution in [1.82, 2.24) is 10.3 Å². The fourth-order valence-electron chi connectivity index (χ4n) is 1.75. The molecule has 0 spiro atoms. The van der Waals surface area contributed by atoms with E-state index in [2.05, 4.69) is 17.2 Å². The summed E-state index contributed by atoms with van der Waals surface area (Å²) in [6.45, 7) is 3.36. The van der Waals surface area contributed by atoms with Crippen LogP contribution in [0.3, 0.4) is 0 Å². The van der Waals surface area contributed by atoms with Crippen molar-refractivity contribution in [2.45, 2.75) is 19.9 Å². The van der Waals surface area contributed by atoms with Crippen LogP contribution >= 0.6 is 23.2 Å². The average Bonchev–Trinajstić information content (AvgIpc) is 2.44. The van der Waals surface area contributed by atoms with Gasteiger partial charge in [0.1, 0.15) is 11.6 Å². The lowest BCUT2D eigenvalue weighted by Crippen LogP contribution is -2.15. The van der Waals surface area contributed by atoms with Crippen molar-refractivity contribution in [3.8, 4) is 11.6 Å². The number of hydrogen-bond acceptors (Lipinski definition) is 3. The summed E-state index contributed by atoms with van der Waals surface area (Å²) in [6.07, 6.45) is 2.10. The SMILES string of the molecule is CCCNCc1cc(F)cnc1Oc1ccc(Cl)cc1Cl. The van der Waals surface area contributed by atoms with Crippen molar-refractivity contribution in [2.24, 2.45) is 0 Å². The van der Waals surface area contributed by atoms with Crippen molar-refractivity contribution < 1.29 is 9.13 Å². The summed E-state index contributed by atoms with van der Waals surface area (Å²) < 4.78 is 19.0. The molecule has 0 aliphatic carbocycles. The molecule has 21 heavy (non-hydrogen) atoms. The van der Waals surface area contributed by atoms with Crippen LogP contribution in [0.5, 0.6) is 11.6 Å². The third-order valence-electron chi connectivity index (χ3n) is 2.73. The Labute approximate surface area is 133 Å². The number of rotatable bonds is 6. The van der Waals surface area contributed by atoms with Crippen LogP contribution in [0.4, 0.5) is 4.39 Å². The van der Waals surface area contributed by atoms with Crippen molar-refractivity contribution in [1.29, 1.82) is 0 Å². The Morgan fingerprint density at radius 2 is 2.10 bits per heavy atom. The Hall–Kier alpha value is -1.36. The molecule has 0 amide bonds. The lowest BCUT2D eigenvalue weighted by Gasteiger charge is -2.12. The van der Waals surface area contributed by atoms with E-state index in [1.54, 1.807) is 18.2 Å². The number of pyridine rings is 1. The van der Waals surface area contributed by atoms with E-state index in [-0.39, 0.29) is 0 Å². The van der Waals surface area contributed by atoms with Gasteiger partial charge in [0.05, 0.1) is 11.2 Å². The summed E-state index contributed by atoms with van der Waals surface area (Å²) in [4.78, 5) is 3.99. The first kappa shape index (κ1) is 16.0. The summed E-state index contributed by atoms with van der Waals surface area (Å²) in [6, 6.07) is 6.30. The highest BCUT2D eigenvalue weighted by Crippen LogP contribution is 2.32. The summed E-state index contributed by atoms with van der Waals surface area (Å²) in [7, 11) is 0. The minimum absolute atomic E-state index is 0.323. The maximum Gasteiger partial charge on any atom is 0.223 e. The fraction of sp³-hybridized carbons (Fsp3) is 0.267. The molecule has 0 bridgehead atoms. The van der Waals surface area contributed by atoms with Gasteiger partial charge in [-0.2, -0.15) is 0 Å². The van der Waals surface area contributed by atoms with Gasteiger partial charge in [0.15, 0.2) is 0 Å². The highest BCUT2D eigenvalue weighted by molar-refractivity contribution is 6.35. The summed E-state index contributed by atoms with van der Waals surface area (Å²) in [5, 5.41) is 4.08. The topological polar surface area (TPSA) is 34.2 Å². The Morgan fingerprint density at radius 3 is 2.81 bits per heavy atom. The molecule has 112 valence electrons. The van der Waals surface area contributed by atoms with Crippen LogP contribution in [0.1, 0.15) is 18.9 Å². The predicted molar refractivity (Wildman–Crippen MR) is 82.7 cm³/mol. The predicted octanol–water partition coefficient (Wildman–Crippen LogP) is 4.82. The van der Waals surface area contributed by atoms with Gasteiger partial charge >= 0.3 is 0 Å². The van der Waals surface area contributed by atoms with Crippen LogP contribution in [0.15, 0.2) is 30.5 Å². The number of hydrogen-bond donors (Lipinski definition) is 1. The fourth-order valence-corrected chi connectivity index (χ4v) is 2.20. The smallest absolute Gasteiger partial charge is 0.223 e. The monoisotopic (exact) mass is 328 g/mol. The largest absolute Gasteiger partial charge is 0.437 e. The minimum Gasteiger partial charge on any atom is -0.437 e. The Kier molecular flexibility index (Phi) is 5.79. The molecule has 0 aliphatic heterocycles. The lowest BCUT2D eigenvalue weighted by atomic mass is 10.2.